The highest BCUT2D eigenvalue weighted by Crippen LogP contribution is 2.21. The average Bonchev–Trinajstić information content (AvgIpc) is 2.95. The number of carboxylic acid groups (broad SMARTS) is 1. The molecule has 1 amide bonds. The SMILES string of the molecule is CCC(C)(NC(=O)Cc1coc(-c2ccc(Cl)cc2)n1)C(=O)O. The lowest BCUT2D eigenvalue weighted by Gasteiger charge is -2.24. The molecule has 2 rings (SSSR count). The first-order chi connectivity index (χ1) is 10.8. The molecule has 0 aliphatic rings. The number of carbonyl (C=O) groups is 2. The van der Waals surface area contributed by atoms with Crippen molar-refractivity contribution in [3.63, 3.8) is 0 Å². The molecule has 0 saturated carbocycles. The minimum absolute atomic E-state index is 0.0556. The van der Waals surface area contributed by atoms with E-state index in [0.717, 1.165) is 5.56 Å². The summed E-state index contributed by atoms with van der Waals surface area (Å²) in [5.41, 5.74) is -0.124. The van der Waals surface area contributed by atoms with E-state index in [1.807, 2.05) is 0 Å². The molecule has 0 aliphatic carbocycles. The van der Waals surface area contributed by atoms with Crippen LogP contribution in [-0.2, 0) is 16.0 Å². The number of halogens is 1. The van der Waals surface area contributed by atoms with Gasteiger partial charge in [-0.25, -0.2) is 9.78 Å². The highest BCUT2D eigenvalue weighted by Gasteiger charge is 2.32. The van der Waals surface area contributed by atoms with Crippen LogP contribution in [0.4, 0.5) is 0 Å². The van der Waals surface area contributed by atoms with Crippen LogP contribution in [0.1, 0.15) is 26.0 Å². The molecule has 0 saturated heterocycles. The van der Waals surface area contributed by atoms with Crippen LogP contribution in [0.5, 0.6) is 0 Å². The standard InChI is InChI=1S/C16H17ClN2O4/c1-3-16(2,15(21)22)19-13(20)8-12-9-23-14(18-12)10-4-6-11(17)7-5-10/h4-7,9H,3,8H2,1-2H3,(H,19,20)(H,21,22). The van der Waals surface area contributed by atoms with Crippen LogP contribution >= 0.6 is 11.6 Å². The molecule has 0 fully saturated rings. The van der Waals surface area contributed by atoms with Gasteiger partial charge in [0.2, 0.25) is 11.8 Å². The van der Waals surface area contributed by atoms with Gasteiger partial charge in [-0.1, -0.05) is 18.5 Å². The van der Waals surface area contributed by atoms with Crippen molar-refractivity contribution in [3.8, 4) is 11.5 Å². The number of oxazole rings is 1. The first-order valence-corrected chi connectivity index (χ1v) is 7.46. The van der Waals surface area contributed by atoms with Crippen molar-refractivity contribution in [2.45, 2.75) is 32.2 Å². The van der Waals surface area contributed by atoms with Gasteiger partial charge in [0.05, 0.1) is 12.1 Å². The van der Waals surface area contributed by atoms with E-state index >= 15 is 0 Å². The van der Waals surface area contributed by atoms with Crippen molar-refractivity contribution in [2.75, 3.05) is 0 Å². The molecule has 7 heteroatoms. The summed E-state index contributed by atoms with van der Waals surface area (Å²) >= 11 is 5.82. The number of aliphatic carboxylic acids is 1. The molecule has 1 atom stereocenters. The summed E-state index contributed by atoms with van der Waals surface area (Å²) in [7, 11) is 0. The number of benzene rings is 1. The molecule has 122 valence electrons. The second kappa shape index (κ2) is 6.83. The number of carboxylic acids is 1. The number of hydrogen-bond acceptors (Lipinski definition) is 4. The van der Waals surface area contributed by atoms with E-state index in [4.69, 9.17) is 21.1 Å². The number of amides is 1. The Bertz CT molecular complexity index is 711. The predicted octanol–water partition coefficient (Wildman–Crippen LogP) is 2.91. The van der Waals surface area contributed by atoms with E-state index in [0.29, 0.717) is 16.6 Å². The Labute approximate surface area is 138 Å². The van der Waals surface area contributed by atoms with Gasteiger partial charge in [0.25, 0.3) is 0 Å². The van der Waals surface area contributed by atoms with Crippen LogP contribution in [0.15, 0.2) is 34.9 Å². The summed E-state index contributed by atoms with van der Waals surface area (Å²) < 4.78 is 5.34. The lowest BCUT2D eigenvalue weighted by Crippen LogP contribution is -2.52. The molecule has 1 aromatic carbocycles. The molecule has 2 N–H and O–H groups in total. The lowest BCUT2D eigenvalue weighted by atomic mass is 9.99. The second-order valence-corrected chi connectivity index (χ2v) is 5.80. The van der Waals surface area contributed by atoms with Crippen molar-refractivity contribution in [1.29, 1.82) is 0 Å². The monoisotopic (exact) mass is 336 g/mol. The summed E-state index contributed by atoms with van der Waals surface area (Å²) in [6.07, 6.45) is 1.61. The first kappa shape index (κ1) is 17.0. The van der Waals surface area contributed by atoms with E-state index in [9.17, 15) is 9.59 Å². The smallest absolute Gasteiger partial charge is 0.329 e. The molecule has 1 aromatic heterocycles. The molecule has 0 spiro atoms. The maximum atomic E-state index is 12.0. The average molecular weight is 337 g/mol. The minimum Gasteiger partial charge on any atom is -0.480 e. The number of nitrogens with one attached hydrogen (secondary N) is 1. The minimum atomic E-state index is -1.29. The van der Waals surface area contributed by atoms with Gasteiger partial charge in [0.15, 0.2) is 0 Å². The number of aromatic nitrogens is 1. The van der Waals surface area contributed by atoms with Crippen molar-refractivity contribution >= 4 is 23.5 Å². The molecule has 0 aliphatic heterocycles. The molecule has 2 aromatic rings. The Morgan fingerprint density at radius 2 is 2.00 bits per heavy atom. The van der Waals surface area contributed by atoms with Crippen LogP contribution in [0.2, 0.25) is 5.02 Å². The zero-order chi connectivity index (χ0) is 17.0. The van der Waals surface area contributed by atoms with Crippen molar-refractivity contribution in [2.24, 2.45) is 0 Å². The van der Waals surface area contributed by atoms with Gasteiger partial charge in [-0.2, -0.15) is 0 Å². The quantitative estimate of drug-likeness (QED) is 0.846. The molecule has 1 heterocycles. The van der Waals surface area contributed by atoms with Crippen molar-refractivity contribution in [1.82, 2.24) is 10.3 Å². The Morgan fingerprint density at radius 1 is 1.35 bits per heavy atom. The molecule has 6 nitrogen and oxygen atoms in total. The largest absolute Gasteiger partial charge is 0.480 e. The van der Waals surface area contributed by atoms with E-state index in [1.54, 1.807) is 31.2 Å². The maximum Gasteiger partial charge on any atom is 0.329 e. The Morgan fingerprint density at radius 3 is 2.57 bits per heavy atom. The van der Waals surface area contributed by atoms with Crippen LogP contribution in [-0.4, -0.2) is 27.5 Å². The summed E-state index contributed by atoms with van der Waals surface area (Å²) in [5, 5.41) is 12.3. The fourth-order valence-electron chi connectivity index (χ4n) is 1.92. The summed E-state index contributed by atoms with van der Waals surface area (Å²) in [6.45, 7) is 3.16. The molecular formula is C16H17ClN2O4. The number of hydrogen-bond donors (Lipinski definition) is 2. The van der Waals surface area contributed by atoms with Gasteiger partial charge < -0.3 is 14.8 Å². The van der Waals surface area contributed by atoms with Gasteiger partial charge in [-0.3, -0.25) is 4.79 Å². The Balaban J connectivity index is 2.05. The van der Waals surface area contributed by atoms with Crippen LogP contribution in [0, 0.1) is 0 Å². The third kappa shape index (κ3) is 4.10. The fraction of sp³-hybridized carbons (Fsp3) is 0.312. The number of carbonyl (C=O) groups excluding carboxylic acids is 1. The molecule has 0 radical (unpaired) electrons. The van der Waals surface area contributed by atoms with E-state index < -0.39 is 17.4 Å². The highest BCUT2D eigenvalue weighted by atomic mass is 35.5. The van der Waals surface area contributed by atoms with E-state index in [2.05, 4.69) is 10.3 Å². The van der Waals surface area contributed by atoms with E-state index in [-0.39, 0.29) is 12.8 Å². The lowest BCUT2D eigenvalue weighted by molar-refractivity contribution is -0.146. The third-order valence-electron chi connectivity index (χ3n) is 3.58. The van der Waals surface area contributed by atoms with Crippen LogP contribution in [0.25, 0.3) is 11.5 Å². The Kier molecular flexibility index (Phi) is 5.05. The van der Waals surface area contributed by atoms with E-state index in [1.165, 1.54) is 13.2 Å². The molecule has 23 heavy (non-hydrogen) atoms. The van der Waals surface area contributed by atoms with Gasteiger partial charge >= 0.3 is 5.97 Å². The summed E-state index contributed by atoms with van der Waals surface area (Å²) in [5.74, 6) is -1.12. The molecular weight excluding hydrogens is 320 g/mol. The summed E-state index contributed by atoms with van der Waals surface area (Å²) in [6, 6.07) is 6.95. The van der Waals surface area contributed by atoms with Crippen LogP contribution < -0.4 is 5.32 Å². The number of nitrogens with zero attached hydrogens (tertiary/aromatic N) is 1. The maximum absolute atomic E-state index is 12.0. The van der Waals surface area contributed by atoms with Gasteiger partial charge in [-0.05, 0) is 37.6 Å². The van der Waals surface area contributed by atoms with Crippen LogP contribution in [0.3, 0.4) is 0 Å². The zero-order valence-corrected chi connectivity index (χ0v) is 13.6. The topological polar surface area (TPSA) is 92.4 Å². The normalized spacial score (nSPS) is 13.3. The fourth-order valence-corrected chi connectivity index (χ4v) is 2.05. The first-order valence-electron chi connectivity index (χ1n) is 7.09. The predicted molar refractivity (Wildman–Crippen MR) is 85.1 cm³/mol. The highest BCUT2D eigenvalue weighted by molar-refractivity contribution is 6.30. The van der Waals surface area contributed by atoms with Crippen molar-refractivity contribution < 1.29 is 19.1 Å². The molecule has 0 bridgehead atoms. The van der Waals surface area contributed by atoms with Gasteiger partial charge in [0, 0.05) is 10.6 Å². The number of rotatable bonds is 6. The molecule has 1 unspecified atom stereocenters. The van der Waals surface area contributed by atoms with Gasteiger partial charge in [-0.15, -0.1) is 0 Å². The third-order valence-corrected chi connectivity index (χ3v) is 3.83. The Hall–Kier alpha value is -2.34. The van der Waals surface area contributed by atoms with Gasteiger partial charge in [0.1, 0.15) is 11.8 Å². The van der Waals surface area contributed by atoms with Crippen molar-refractivity contribution in [3.05, 3.63) is 41.2 Å². The zero-order valence-electron chi connectivity index (χ0n) is 12.8. The summed E-state index contributed by atoms with van der Waals surface area (Å²) in [4.78, 5) is 27.4. The second-order valence-electron chi connectivity index (χ2n) is 5.37.